The van der Waals surface area contributed by atoms with E-state index in [2.05, 4.69) is 21.8 Å². The van der Waals surface area contributed by atoms with Crippen LogP contribution in [0, 0.1) is 0 Å². The molecule has 1 aliphatic heterocycles. The SMILES string of the molecule is CCOC(=O)COc1ccc2c(c1)CCN(Cc1ccc(-c3ccc(OC(F)(F)F)cc3)s1)CC2. The second-order valence-electron chi connectivity index (χ2n) is 8.14. The van der Waals surface area contributed by atoms with Crippen molar-refractivity contribution in [3.63, 3.8) is 0 Å². The predicted molar refractivity (Wildman–Crippen MR) is 128 cm³/mol. The number of nitrogens with zero attached hydrogens (tertiary/aromatic N) is 1. The molecule has 0 amide bonds. The molecular formula is C26H26F3NO4S. The molecule has 0 atom stereocenters. The summed E-state index contributed by atoms with van der Waals surface area (Å²) in [5, 5.41) is 0. The highest BCUT2D eigenvalue weighted by atomic mass is 32.1. The van der Waals surface area contributed by atoms with Crippen LogP contribution in [0.3, 0.4) is 0 Å². The van der Waals surface area contributed by atoms with Crippen molar-refractivity contribution in [1.82, 2.24) is 4.90 Å². The van der Waals surface area contributed by atoms with Crippen LogP contribution in [-0.2, 0) is 28.9 Å². The van der Waals surface area contributed by atoms with Crippen LogP contribution in [-0.4, -0.2) is 43.5 Å². The van der Waals surface area contributed by atoms with Crippen molar-refractivity contribution >= 4 is 17.3 Å². The van der Waals surface area contributed by atoms with Crippen molar-refractivity contribution < 1.29 is 32.2 Å². The molecule has 2 heterocycles. The molecule has 9 heteroatoms. The standard InChI is InChI=1S/C26H26F3NO4S/c1-2-32-25(31)17-33-22-8-3-18-11-13-30(14-12-20(18)15-22)16-23-9-10-24(35-23)19-4-6-21(7-5-19)34-26(27,28)29/h3-10,15H,2,11-14,16-17H2,1H3. The summed E-state index contributed by atoms with van der Waals surface area (Å²) in [7, 11) is 0. The Morgan fingerprint density at radius 3 is 2.40 bits per heavy atom. The van der Waals surface area contributed by atoms with E-state index in [9.17, 15) is 18.0 Å². The molecule has 3 aromatic rings. The third-order valence-corrected chi connectivity index (χ3v) is 6.77. The monoisotopic (exact) mass is 505 g/mol. The van der Waals surface area contributed by atoms with Crippen LogP contribution in [0.5, 0.6) is 11.5 Å². The van der Waals surface area contributed by atoms with Crippen molar-refractivity contribution in [3.05, 3.63) is 70.6 Å². The minimum atomic E-state index is -4.69. The summed E-state index contributed by atoms with van der Waals surface area (Å²) in [4.78, 5) is 16.1. The summed E-state index contributed by atoms with van der Waals surface area (Å²) in [5.74, 6) is 0.0611. The fourth-order valence-corrected chi connectivity index (χ4v) is 5.06. The van der Waals surface area contributed by atoms with Crippen LogP contribution in [0.1, 0.15) is 22.9 Å². The lowest BCUT2D eigenvalue weighted by Gasteiger charge is -2.18. The molecule has 0 radical (unpaired) electrons. The Labute approximate surface area is 206 Å². The van der Waals surface area contributed by atoms with Crippen LogP contribution >= 0.6 is 11.3 Å². The first-order chi connectivity index (χ1) is 16.8. The van der Waals surface area contributed by atoms with Crippen molar-refractivity contribution in [2.45, 2.75) is 32.7 Å². The van der Waals surface area contributed by atoms with Crippen molar-refractivity contribution in [2.24, 2.45) is 0 Å². The molecule has 0 spiro atoms. The number of rotatable bonds is 8. The summed E-state index contributed by atoms with van der Waals surface area (Å²) in [6.45, 7) is 4.62. The zero-order valence-corrected chi connectivity index (χ0v) is 20.1. The summed E-state index contributed by atoms with van der Waals surface area (Å²) in [5.41, 5.74) is 3.36. The van der Waals surface area contributed by atoms with Gasteiger partial charge in [-0.2, -0.15) is 0 Å². The molecule has 0 saturated carbocycles. The Morgan fingerprint density at radius 1 is 0.971 bits per heavy atom. The molecule has 0 bridgehead atoms. The molecule has 35 heavy (non-hydrogen) atoms. The van der Waals surface area contributed by atoms with Crippen LogP contribution < -0.4 is 9.47 Å². The zero-order valence-electron chi connectivity index (χ0n) is 19.3. The number of carbonyl (C=O) groups excluding carboxylic acids is 1. The highest BCUT2D eigenvalue weighted by Gasteiger charge is 2.31. The predicted octanol–water partition coefficient (Wildman–Crippen LogP) is 5.86. The maximum atomic E-state index is 12.4. The second kappa shape index (κ2) is 11.1. The largest absolute Gasteiger partial charge is 0.573 e. The lowest BCUT2D eigenvalue weighted by atomic mass is 10.0. The number of fused-ring (bicyclic) bond motifs is 1. The summed E-state index contributed by atoms with van der Waals surface area (Å²) >= 11 is 1.64. The van der Waals surface area contributed by atoms with Gasteiger partial charge in [0.15, 0.2) is 6.61 Å². The number of benzene rings is 2. The molecule has 0 unspecified atom stereocenters. The minimum Gasteiger partial charge on any atom is -0.482 e. The molecule has 0 fully saturated rings. The first-order valence-electron chi connectivity index (χ1n) is 11.4. The average molecular weight is 506 g/mol. The van der Waals surface area contributed by atoms with E-state index < -0.39 is 6.36 Å². The van der Waals surface area contributed by atoms with Crippen LogP contribution in [0.2, 0.25) is 0 Å². The Bertz CT molecular complexity index is 1140. The third-order valence-electron chi connectivity index (χ3n) is 5.65. The van der Waals surface area contributed by atoms with E-state index in [1.165, 1.54) is 28.1 Å². The van der Waals surface area contributed by atoms with Crippen molar-refractivity contribution in [1.29, 1.82) is 0 Å². The van der Waals surface area contributed by atoms with Crippen LogP contribution in [0.15, 0.2) is 54.6 Å². The summed E-state index contributed by atoms with van der Waals surface area (Å²) < 4.78 is 51.5. The third kappa shape index (κ3) is 7.22. The van der Waals surface area contributed by atoms with Gasteiger partial charge < -0.3 is 14.2 Å². The van der Waals surface area contributed by atoms with Gasteiger partial charge in [-0.3, -0.25) is 4.90 Å². The number of hydrogen-bond donors (Lipinski definition) is 0. The second-order valence-corrected chi connectivity index (χ2v) is 9.31. The lowest BCUT2D eigenvalue weighted by Crippen LogP contribution is -2.25. The van der Waals surface area contributed by atoms with E-state index in [1.807, 2.05) is 18.2 Å². The van der Waals surface area contributed by atoms with Gasteiger partial charge in [-0.05, 0) is 85.0 Å². The smallest absolute Gasteiger partial charge is 0.482 e. The molecule has 186 valence electrons. The van der Waals surface area contributed by atoms with Gasteiger partial charge in [-0.25, -0.2) is 4.79 Å². The van der Waals surface area contributed by atoms with Gasteiger partial charge in [0.05, 0.1) is 6.61 Å². The average Bonchev–Trinajstić information content (AvgIpc) is 3.18. The lowest BCUT2D eigenvalue weighted by molar-refractivity contribution is -0.274. The fraction of sp³-hybridized carbons (Fsp3) is 0.346. The highest BCUT2D eigenvalue weighted by Crippen LogP contribution is 2.32. The molecular weight excluding hydrogens is 479 g/mol. The van der Waals surface area contributed by atoms with Gasteiger partial charge in [0.25, 0.3) is 0 Å². The Hall–Kier alpha value is -3.04. The number of esters is 1. The van der Waals surface area contributed by atoms with Gasteiger partial charge >= 0.3 is 12.3 Å². The molecule has 0 aliphatic carbocycles. The van der Waals surface area contributed by atoms with Gasteiger partial charge in [0, 0.05) is 29.4 Å². The Kier molecular flexibility index (Phi) is 7.97. The number of halogens is 3. The van der Waals surface area contributed by atoms with Gasteiger partial charge in [0.1, 0.15) is 11.5 Å². The maximum Gasteiger partial charge on any atom is 0.573 e. The first kappa shape index (κ1) is 25.1. The molecule has 1 aliphatic rings. The summed E-state index contributed by atoms with van der Waals surface area (Å²) in [6.07, 6.45) is -2.89. The highest BCUT2D eigenvalue weighted by molar-refractivity contribution is 7.15. The number of ether oxygens (including phenoxy) is 3. The summed E-state index contributed by atoms with van der Waals surface area (Å²) in [6, 6.07) is 16.0. The van der Waals surface area contributed by atoms with Crippen LogP contribution in [0.25, 0.3) is 10.4 Å². The van der Waals surface area contributed by atoms with E-state index in [0.29, 0.717) is 12.4 Å². The number of thiophene rings is 1. The normalized spacial score (nSPS) is 14.2. The minimum absolute atomic E-state index is 0.0997. The first-order valence-corrected chi connectivity index (χ1v) is 12.2. The number of carbonyl (C=O) groups is 1. The quantitative estimate of drug-likeness (QED) is 0.359. The zero-order chi connectivity index (χ0) is 24.8. The molecule has 0 N–H and O–H groups in total. The molecule has 1 aromatic heterocycles. The van der Waals surface area contributed by atoms with Crippen molar-refractivity contribution in [3.8, 4) is 21.9 Å². The van der Waals surface area contributed by atoms with Gasteiger partial charge in [-0.1, -0.05) is 6.07 Å². The maximum absolute atomic E-state index is 12.4. The number of alkyl halides is 3. The van der Waals surface area contributed by atoms with Crippen molar-refractivity contribution in [2.75, 3.05) is 26.3 Å². The van der Waals surface area contributed by atoms with E-state index >= 15 is 0 Å². The van der Waals surface area contributed by atoms with E-state index in [1.54, 1.807) is 30.4 Å². The Balaban J connectivity index is 1.33. The number of hydrogen-bond acceptors (Lipinski definition) is 6. The fourth-order valence-electron chi connectivity index (χ4n) is 4.00. The van der Waals surface area contributed by atoms with E-state index in [4.69, 9.17) is 9.47 Å². The molecule has 0 saturated heterocycles. The van der Waals surface area contributed by atoms with E-state index in [0.717, 1.165) is 42.9 Å². The molecule has 2 aromatic carbocycles. The topological polar surface area (TPSA) is 48.0 Å². The Morgan fingerprint density at radius 2 is 1.69 bits per heavy atom. The van der Waals surface area contributed by atoms with E-state index in [-0.39, 0.29) is 18.3 Å². The van der Waals surface area contributed by atoms with Gasteiger partial charge in [0.2, 0.25) is 0 Å². The molecule has 4 rings (SSSR count). The van der Waals surface area contributed by atoms with Gasteiger partial charge in [-0.15, -0.1) is 24.5 Å². The van der Waals surface area contributed by atoms with Crippen LogP contribution in [0.4, 0.5) is 13.2 Å². The molecule has 5 nitrogen and oxygen atoms in total.